The summed E-state index contributed by atoms with van der Waals surface area (Å²) in [6.45, 7) is 8.57. The molecular weight excluding hydrogens is 338 g/mol. The van der Waals surface area contributed by atoms with Gasteiger partial charge < -0.3 is 4.74 Å². The van der Waals surface area contributed by atoms with Gasteiger partial charge in [-0.1, -0.05) is 18.6 Å². The third-order valence-corrected chi connectivity index (χ3v) is 5.59. The molecule has 1 aromatic carbocycles. The minimum absolute atomic E-state index is 0.0275. The molecule has 2 N–H and O–H groups in total. The van der Waals surface area contributed by atoms with E-state index in [1.165, 1.54) is 6.42 Å². The van der Waals surface area contributed by atoms with Crippen molar-refractivity contribution in [2.75, 3.05) is 26.2 Å². The topological polar surface area (TPSA) is 70.7 Å². The van der Waals surface area contributed by atoms with Gasteiger partial charge in [0, 0.05) is 18.6 Å². The van der Waals surface area contributed by atoms with Crippen LogP contribution in [0.2, 0.25) is 0 Å². The Bertz CT molecular complexity index is 611. The Labute approximate surface area is 152 Å². The average Bonchev–Trinajstić information content (AvgIpc) is 2.56. The molecule has 0 aromatic heterocycles. The molecule has 1 saturated heterocycles. The third-order valence-electron chi connectivity index (χ3n) is 4.26. The molecule has 0 radical (unpaired) electrons. The maximum atomic E-state index is 12.1. The Morgan fingerprint density at radius 3 is 2.32 bits per heavy atom. The van der Waals surface area contributed by atoms with E-state index in [2.05, 4.69) is 14.3 Å². The fourth-order valence-electron chi connectivity index (χ4n) is 3.18. The lowest BCUT2D eigenvalue weighted by Gasteiger charge is -2.35. The third kappa shape index (κ3) is 6.58. The maximum Gasteiger partial charge on any atom is 0.277 e. The molecule has 0 spiro atoms. The molecule has 1 aromatic rings. The molecule has 1 atom stereocenters. The number of likely N-dealkylation sites (tertiary alicyclic amines) is 1. The number of benzene rings is 1. The van der Waals surface area contributed by atoms with Crippen molar-refractivity contribution in [1.82, 2.24) is 14.3 Å². The van der Waals surface area contributed by atoms with E-state index >= 15 is 0 Å². The summed E-state index contributed by atoms with van der Waals surface area (Å²) >= 11 is 0. The fourth-order valence-corrected chi connectivity index (χ4v) is 4.26. The van der Waals surface area contributed by atoms with E-state index in [-0.39, 0.29) is 12.1 Å². The second kappa shape index (κ2) is 9.52. The van der Waals surface area contributed by atoms with Gasteiger partial charge in [0.15, 0.2) is 0 Å². The SMILES string of the molecule is CCOc1ccc(C(CNS(=O)(=O)NC(C)C)N2CCCCC2)cc1. The molecular formula is C18H31N3O3S. The minimum Gasteiger partial charge on any atom is -0.494 e. The van der Waals surface area contributed by atoms with Crippen molar-refractivity contribution in [2.45, 2.75) is 52.1 Å². The molecule has 0 bridgehead atoms. The van der Waals surface area contributed by atoms with Gasteiger partial charge in [-0.3, -0.25) is 4.90 Å². The zero-order valence-corrected chi connectivity index (χ0v) is 16.3. The lowest BCUT2D eigenvalue weighted by atomic mass is 10.0. The first-order valence-corrected chi connectivity index (χ1v) is 10.6. The predicted octanol–water partition coefficient (Wildman–Crippen LogP) is 2.44. The van der Waals surface area contributed by atoms with Crippen LogP contribution < -0.4 is 14.2 Å². The molecule has 1 aliphatic heterocycles. The van der Waals surface area contributed by atoms with Crippen molar-refractivity contribution in [2.24, 2.45) is 0 Å². The highest BCUT2D eigenvalue weighted by Crippen LogP contribution is 2.26. The Morgan fingerprint density at radius 1 is 1.12 bits per heavy atom. The van der Waals surface area contributed by atoms with Gasteiger partial charge in [-0.15, -0.1) is 0 Å². The minimum atomic E-state index is -3.49. The Kier molecular flexibility index (Phi) is 7.68. The molecule has 25 heavy (non-hydrogen) atoms. The maximum absolute atomic E-state index is 12.1. The second-order valence-corrected chi connectivity index (χ2v) is 8.27. The summed E-state index contributed by atoms with van der Waals surface area (Å²) in [6.07, 6.45) is 3.56. The highest BCUT2D eigenvalue weighted by Gasteiger charge is 2.24. The van der Waals surface area contributed by atoms with E-state index in [4.69, 9.17) is 4.74 Å². The Balaban J connectivity index is 2.12. The summed E-state index contributed by atoms with van der Waals surface area (Å²) in [5.74, 6) is 0.839. The highest BCUT2D eigenvalue weighted by molar-refractivity contribution is 7.87. The second-order valence-electron chi connectivity index (χ2n) is 6.74. The van der Waals surface area contributed by atoms with Crippen molar-refractivity contribution in [3.8, 4) is 5.75 Å². The van der Waals surface area contributed by atoms with Crippen LogP contribution >= 0.6 is 0 Å². The van der Waals surface area contributed by atoms with Crippen molar-refractivity contribution in [3.63, 3.8) is 0 Å². The zero-order valence-electron chi connectivity index (χ0n) is 15.5. The van der Waals surface area contributed by atoms with Crippen LogP contribution in [0, 0.1) is 0 Å². The van der Waals surface area contributed by atoms with Gasteiger partial charge in [-0.25, -0.2) is 4.72 Å². The number of nitrogens with zero attached hydrogens (tertiary/aromatic N) is 1. The molecule has 0 aliphatic carbocycles. The smallest absolute Gasteiger partial charge is 0.277 e. The molecule has 0 amide bonds. The van der Waals surface area contributed by atoms with Crippen LogP contribution in [0.15, 0.2) is 24.3 Å². The van der Waals surface area contributed by atoms with Crippen molar-refractivity contribution >= 4 is 10.2 Å². The van der Waals surface area contributed by atoms with Crippen molar-refractivity contribution in [3.05, 3.63) is 29.8 Å². The van der Waals surface area contributed by atoms with Crippen LogP contribution in [-0.4, -0.2) is 45.6 Å². The van der Waals surface area contributed by atoms with Crippen LogP contribution in [0.5, 0.6) is 5.75 Å². The van der Waals surface area contributed by atoms with E-state index in [0.717, 1.165) is 37.2 Å². The fraction of sp³-hybridized carbons (Fsp3) is 0.667. The first-order valence-electron chi connectivity index (χ1n) is 9.15. The highest BCUT2D eigenvalue weighted by atomic mass is 32.2. The van der Waals surface area contributed by atoms with Crippen molar-refractivity contribution < 1.29 is 13.2 Å². The standard InChI is InChI=1S/C18H31N3O3S/c1-4-24-17-10-8-16(9-11-17)18(21-12-6-5-7-13-21)14-19-25(22,23)20-15(2)3/h8-11,15,18-20H,4-7,12-14H2,1-3H3. The van der Waals surface area contributed by atoms with E-state index in [1.807, 2.05) is 45.0 Å². The van der Waals surface area contributed by atoms with E-state index < -0.39 is 10.2 Å². The first-order chi connectivity index (χ1) is 11.9. The van der Waals surface area contributed by atoms with Crippen LogP contribution in [0.1, 0.15) is 51.6 Å². The van der Waals surface area contributed by atoms with Gasteiger partial charge in [0.1, 0.15) is 5.75 Å². The van der Waals surface area contributed by atoms with E-state index in [9.17, 15) is 8.42 Å². The van der Waals surface area contributed by atoms with Gasteiger partial charge in [0.05, 0.1) is 6.61 Å². The van der Waals surface area contributed by atoms with E-state index in [1.54, 1.807) is 0 Å². The van der Waals surface area contributed by atoms with Gasteiger partial charge in [0.25, 0.3) is 10.2 Å². The molecule has 1 aliphatic rings. The van der Waals surface area contributed by atoms with Crippen LogP contribution in [0.4, 0.5) is 0 Å². The lowest BCUT2D eigenvalue weighted by molar-refractivity contribution is 0.164. The summed E-state index contributed by atoms with van der Waals surface area (Å²) in [5, 5.41) is 0. The molecule has 1 unspecified atom stereocenters. The van der Waals surface area contributed by atoms with Crippen LogP contribution in [-0.2, 0) is 10.2 Å². The summed E-state index contributed by atoms with van der Waals surface area (Å²) in [7, 11) is -3.49. The largest absolute Gasteiger partial charge is 0.494 e. The monoisotopic (exact) mass is 369 g/mol. The Morgan fingerprint density at radius 2 is 1.76 bits per heavy atom. The number of ether oxygens (including phenoxy) is 1. The molecule has 7 heteroatoms. The molecule has 142 valence electrons. The van der Waals surface area contributed by atoms with Gasteiger partial charge in [0.2, 0.25) is 0 Å². The average molecular weight is 370 g/mol. The quantitative estimate of drug-likeness (QED) is 0.701. The molecule has 0 saturated carbocycles. The Hall–Kier alpha value is -1.15. The normalized spacial score (nSPS) is 17.6. The predicted molar refractivity (Wildman–Crippen MR) is 101 cm³/mol. The summed E-state index contributed by atoms with van der Waals surface area (Å²) in [5.41, 5.74) is 1.11. The first kappa shape index (κ1) is 20.2. The van der Waals surface area contributed by atoms with Crippen LogP contribution in [0.3, 0.4) is 0 Å². The molecule has 6 nitrogen and oxygen atoms in total. The summed E-state index contributed by atoms with van der Waals surface area (Å²) in [6, 6.07) is 7.88. The van der Waals surface area contributed by atoms with E-state index in [0.29, 0.717) is 13.2 Å². The van der Waals surface area contributed by atoms with Gasteiger partial charge in [-0.05, 0) is 64.4 Å². The van der Waals surface area contributed by atoms with Gasteiger partial charge in [-0.2, -0.15) is 13.1 Å². The number of piperidine rings is 1. The molecule has 2 rings (SSSR count). The summed E-state index contributed by atoms with van der Waals surface area (Å²) in [4.78, 5) is 2.37. The van der Waals surface area contributed by atoms with Crippen molar-refractivity contribution in [1.29, 1.82) is 0 Å². The van der Waals surface area contributed by atoms with Crippen LogP contribution in [0.25, 0.3) is 0 Å². The molecule has 1 heterocycles. The zero-order chi connectivity index (χ0) is 18.3. The number of rotatable bonds is 9. The lowest BCUT2D eigenvalue weighted by Crippen LogP contribution is -2.45. The number of hydrogen-bond donors (Lipinski definition) is 2. The number of nitrogens with one attached hydrogen (secondary N) is 2. The molecule has 1 fully saturated rings. The number of hydrogen-bond acceptors (Lipinski definition) is 4. The summed E-state index contributed by atoms with van der Waals surface area (Å²) < 4.78 is 35.1. The van der Waals surface area contributed by atoms with Gasteiger partial charge >= 0.3 is 0 Å².